The summed E-state index contributed by atoms with van der Waals surface area (Å²) in [6.45, 7) is 6.77. The Kier molecular flexibility index (Phi) is 7.31. The van der Waals surface area contributed by atoms with E-state index >= 15 is 0 Å². The summed E-state index contributed by atoms with van der Waals surface area (Å²) in [5, 5.41) is 11.9. The standard InChI is InChI=1S/C26H28N6O3S/c1-4-36(34,35)22-7-5-18(6-8-22)13-29-25(33)21-11-20-9-10-32(24(17(2)3)23(20)28-16-21)26-30-14-19(12-27)15-31-26/h5-8,11,14-17,24H,4,9-10,13H2,1-3H3,(H,29,33)/t24-/m0/s1. The molecule has 2 aromatic heterocycles. The van der Waals surface area contributed by atoms with E-state index in [1.165, 1.54) is 12.4 Å². The maximum Gasteiger partial charge on any atom is 0.253 e. The van der Waals surface area contributed by atoms with Gasteiger partial charge in [0.05, 0.1) is 45.9 Å². The Labute approximate surface area is 211 Å². The number of amides is 1. The van der Waals surface area contributed by atoms with E-state index in [4.69, 9.17) is 5.26 Å². The SMILES string of the molecule is CCS(=O)(=O)c1ccc(CNC(=O)c2cnc3c(c2)CCN(c2ncc(C#N)cn2)[C@H]3C(C)C)cc1. The number of hydrogen-bond donors (Lipinski definition) is 1. The molecular formula is C26H28N6O3S. The van der Waals surface area contributed by atoms with Crippen LogP contribution in [0.2, 0.25) is 0 Å². The lowest BCUT2D eigenvalue weighted by Crippen LogP contribution is -2.40. The lowest BCUT2D eigenvalue weighted by atomic mass is 9.89. The Morgan fingerprint density at radius 1 is 1.17 bits per heavy atom. The first kappa shape index (κ1) is 25.3. The van der Waals surface area contributed by atoms with Crippen LogP contribution in [-0.2, 0) is 22.8 Å². The van der Waals surface area contributed by atoms with Crippen LogP contribution < -0.4 is 10.2 Å². The predicted octanol–water partition coefficient (Wildman–Crippen LogP) is 3.23. The maximum atomic E-state index is 12.8. The van der Waals surface area contributed by atoms with Crippen molar-refractivity contribution in [3.05, 3.63) is 76.9 Å². The minimum absolute atomic E-state index is 0.0460. The second kappa shape index (κ2) is 10.4. The number of pyridine rings is 1. The molecule has 0 saturated heterocycles. The summed E-state index contributed by atoms with van der Waals surface area (Å²) in [5.74, 6) is 0.578. The molecular weight excluding hydrogens is 476 g/mol. The Hall–Kier alpha value is -3.84. The number of nitrogens with one attached hydrogen (secondary N) is 1. The molecule has 1 N–H and O–H groups in total. The molecule has 36 heavy (non-hydrogen) atoms. The van der Waals surface area contributed by atoms with E-state index in [-0.39, 0.29) is 35.1 Å². The van der Waals surface area contributed by atoms with Gasteiger partial charge in [0.25, 0.3) is 5.91 Å². The van der Waals surface area contributed by atoms with Crippen molar-refractivity contribution in [1.29, 1.82) is 5.26 Å². The van der Waals surface area contributed by atoms with E-state index in [2.05, 4.69) is 39.0 Å². The minimum atomic E-state index is -3.25. The second-order valence-corrected chi connectivity index (χ2v) is 11.3. The van der Waals surface area contributed by atoms with Gasteiger partial charge in [0.1, 0.15) is 6.07 Å². The van der Waals surface area contributed by atoms with Crippen LogP contribution in [0.5, 0.6) is 0 Å². The summed E-state index contributed by atoms with van der Waals surface area (Å²) in [6.07, 6.45) is 5.31. The second-order valence-electron chi connectivity index (χ2n) is 9.01. The van der Waals surface area contributed by atoms with Crippen LogP contribution in [0, 0.1) is 17.2 Å². The third-order valence-electron chi connectivity index (χ3n) is 6.27. The van der Waals surface area contributed by atoms with Crippen LogP contribution >= 0.6 is 0 Å². The molecule has 0 aliphatic carbocycles. The van der Waals surface area contributed by atoms with Crippen molar-refractivity contribution in [3.63, 3.8) is 0 Å². The molecule has 0 unspecified atom stereocenters. The molecule has 3 aromatic rings. The van der Waals surface area contributed by atoms with Gasteiger partial charge in [-0.2, -0.15) is 5.26 Å². The summed E-state index contributed by atoms with van der Waals surface area (Å²) in [5.41, 5.74) is 3.61. The van der Waals surface area contributed by atoms with Gasteiger partial charge >= 0.3 is 0 Å². The highest BCUT2D eigenvalue weighted by molar-refractivity contribution is 7.91. The molecule has 1 aromatic carbocycles. The summed E-state index contributed by atoms with van der Waals surface area (Å²) < 4.78 is 23.9. The lowest BCUT2D eigenvalue weighted by molar-refractivity contribution is 0.0950. The molecule has 3 heterocycles. The summed E-state index contributed by atoms with van der Waals surface area (Å²) >= 11 is 0. The summed E-state index contributed by atoms with van der Waals surface area (Å²) in [7, 11) is -3.25. The van der Waals surface area contributed by atoms with Gasteiger partial charge < -0.3 is 10.2 Å². The number of nitriles is 1. The third-order valence-corrected chi connectivity index (χ3v) is 8.02. The van der Waals surface area contributed by atoms with E-state index in [0.29, 0.717) is 30.0 Å². The van der Waals surface area contributed by atoms with E-state index in [9.17, 15) is 13.2 Å². The largest absolute Gasteiger partial charge is 0.348 e. The van der Waals surface area contributed by atoms with Gasteiger partial charge in [0.2, 0.25) is 5.95 Å². The lowest BCUT2D eigenvalue weighted by Gasteiger charge is -2.38. The van der Waals surface area contributed by atoms with E-state index in [0.717, 1.165) is 16.8 Å². The maximum absolute atomic E-state index is 12.8. The fourth-order valence-electron chi connectivity index (χ4n) is 4.33. The van der Waals surface area contributed by atoms with Gasteiger partial charge in [-0.05, 0) is 41.7 Å². The molecule has 10 heteroatoms. The van der Waals surface area contributed by atoms with Crippen molar-refractivity contribution in [2.75, 3.05) is 17.2 Å². The highest BCUT2D eigenvalue weighted by atomic mass is 32.2. The van der Waals surface area contributed by atoms with Crippen molar-refractivity contribution in [2.45, 2.75) is 44.7 Å². The quantitative estimate of drug-likeness (QED) is 0.519. The zero-order valence-corrected chi connectivity index (χ0v) is 21.3. The van der Waals surface area contributed by atoms with Gasteiger partial charge in [0, 0.05) is 19.3 Å². The molecule has 1 amide bonds. The van der Waals surface area contributed by atoms with Crippen LogP contribution in [0.4, 0.5) is 5.95 Å². The van der Waals surface area contributed by atoms with Gasteiger partial charge in [-0.25, -0.2) is 18.4 Å². The van der Waals surface area contributed by atoms with E-state index < -0.39 is 9.84 Å². The number of aromatic nitrogens is 3. The summed E-state index contributed by atoms with van der Waals surface area (Å²) in [4.78, 5) is 28.6. The van der Waals surface area contributed by atoms with Crippen molar-refractivity contribution in [2.24, 2.45) is 5.92 Å². The molecule has 0 fully saturated rings. The first-order valence-electron chi connectivity index (χ1n) is 11.8. The van der Waals surface area contributed by atoms with E-state index in [1.54, 1.807) is 37.4 Å². The molecule has 186 valence electrons. The number of anilines is 1. The van der Waals surface area contributed by atoms with Crippen LogP contribution in [0.1, 0.15) is 59.6 Å². The summed E-state index contributed by atoms with van der Waals surface area (Å²) in [6, 6.07) is 10.4. The smallest absolute Gasteiger partial charge is 0.253 e. The van der Waals surface area contributed by atoms with Crippen LogP contribution in [0.25, 0.3) is 0 Å². The zero-order valence-electron chi connectivity index (χ0n) is 20.5. The molecule has 9 nitrogen and oxygen atoms in total. The number of hydrogen-bond acceptors (Lipinski definition) is 8. The molecule has 0 radical (unpaired) electrons. The Morgan fingerprint density at radius 2 is 1.86 bits per heavy atom. The van der Waals surface area contributed by atoms with Gasteiger partial charge in [-0.15, -0.1) is 0 Å². The van der Waals surface area contributed by atoms with Crippen molar-refractivity contribution in [1.82, 2.24) is 20.3 Å². The first-order valence-corrected chi connectivity index (χ1v) is 13.5. The molecule has 4 rings (SSSR count). The van der Waals surface area contributed by atoms with Crippen LogP contribution in [-0.4, -0.2) is 41.6 Å². The third kappa shape index (κ3) is 5.21. The topological polar surface area (TPSA) is 129 Å². The Balaban J connectivity index is 1.48. The fraction of sp³-hybridized carbons (Fsp3) is 0.346. The normalized spacial score (nSPS) is 15.3. The number of benzene rings is 1. The Bertz CT molecular complexity index is 1400. The van der Waals surface area contributed by atoms with Crippen molar-refractivity contribution >= 4 is 21.7 Å². The molecule has 1 aliphatic heterocycles. The molecule has 0 spiro atoms. The van der Waals surface area contributed by atoms with Crippen LogP contribution in [0.15, 0.2) is 53.8 Å². The minimum Gasteiger partial charge on any atom is -0.348 e. The van der Waals surface area contributed by atoms with Crippen molar-refractivity contribution < 1.29 is 13.2 Å². The highest BCUT2D eigenvalue weighted by Crippen LogP contribution is 2.36. The monoisotopic (exact) mass is 504 g/mol. The number of carbonyl (C=O) groups excluding carboxylic acids is 1. The van der Waals surface area contributed by atoms with Gasteiger partial charge in [0.15, 0.2) is 9.84 Å². The number of nitrogens with zero attached hydrogens (tertiary/aromatic N) is 5. The van der Waals surface area contributed by atoms with Gasteiger partial charge in [-0.1, -0.05) is 32.9 Å². The van der Waals surface area contributed by atoms with E-state index in [1.807, 2.05) is 12.1 Å². The highest BCUT2D eigenvalue weighted by Gasteiger charge is 2.33. The van der Waals surface area contributed by atoms with Crippen molar-refractivity contribution in [3.8, 4) is 6.07 Å². The first-order chi connectivity index (χ1) is 17.2. The number of sulfone groups is 1. The average molecular weight is 505 g/mol. The number of carbonyl (C=O) groups is 1. The van der Waals surface area contributed by atoms with Gasteiger partial charge in [-0.3, -0.25) is 9.78 Å². The number of rotatable bonds is 7. The zero-order chi connectivity index (χ0) is 25.9. The molecule has 1 aliphatic rings. The Morgan fingerprint density at radius 3 is 2.47 bits per heavy atom. The predicted molar refractivity (Wildman–Crippen MR) is 135 cm³/mol. The fourth-order valence-corrected chi connectivity index (χ4v) is 5.22. The molecule has 1 atom stereocenters. The van der Waals surface area contributed by atoms with Crippen LogP contribution in [0.3, 0.4) is 0 Å². The number of fused-ring (bicyclic) bond motifs is 1. The average Bonchev–Trinajstić information content (AvgIpc) is 2.90. The molecule has 0 bridgehead atoms. The molecule has 0 saturated carbocycles.